The minimum atomic E-state index is -3.05. The Hall–Kier alpha value is -3.95. The van der Waals surface area contributed by atoms with Crippen LogP contribution in [0.25, 0.3) is 11.1 Å². The predicted molar refractivity (Wildman–Crippen MR) is 122 cm³/mol. The van der Waals surface area contributed by atoms with E-state index in [-0.39, 0.29) is 17.4 Å². The monoisotopic (exact) mass is 466 g/mol. The predicted octanol–water partition coefficient (Wildman–Crippen LogP) is 3.52. The number of nitrogens with two attached hydrogens (primary N) is 1. The minimum Gasteiger partial charge on any atom is -0.496 e. The number of alkyl halides is 2. The lowest BCUT2D eigenvalue weighted by atomic mass is 9.80. The Balaban J connectivity index is 1.78. The first-order valence-corrected chi connectivity index (χ1v) is 10.5. The molecule has 34 heavy (non-hydrogen) atoms. The van der Waals surface area contributed by atoms with Gasteiger partial charge in [0.05, 0.1) is 13.7 Å². The molecular weight excluding hydrogens is 445 g/mol. The van der Waals surface area contributed by atoms with E-state index in [0.29, 0.717) is 22.4 Å². The van der Waals surface area contributed by atoms with Crippen LogP contribution in [0, 0.1) is 12.7 Å². The molecule has 3 heterocycles. The van der Waals surface area contributed by atoms with Gasteiger partial charge in [-0.1, -0.05) is 12.1 Å². The number of halogens is 3. The zero-order valence-corrected chi connectivity index (χ0v) is 18.5. The second-order valence-electron chi connectivity index (χ2n) is 8.27. The maximum Gasteiger partial charge on any atom is 0.284 e. The number of methoxy groups -OCH3 is 1. The SMILES string of the molecule is COc1ccc(C2(c3ccc(F)c(-c4cncnc4)c3)N=C(N)N3CC(F)(F)CN=C32)cc1C. The van der Waals surface area contributed by atoms with Crippen LogP contribution in [0.2, 0.25) is 0 Å². The minimum absolute atomic E-state index is 0.0829. The molecule has 0 radical (unpaired) electrons. The zero-order chi connectivity index (χ0) is 24.1. The van der Waals surface area contributed by atoms with Crippen LogP contribution in [0.3, 0.4) is 0 Å². The third kappa shape index (κ3) is 3.37. The van der Waals surface area contributed by atoms with Crippen molar-refractivity contribution in [2.75, 3.05) is 20.2 Å². The lowest BCUT2D eigenvalue weighted by Gasteiger charge is -2.35. The molecule has 174 valence electrons. The summed E-state index contributed by atoms with van der Waals surface area (Å²) in [5.74, 6) is -2.69. The molecule has 0 bridgehead atoms. The van der Waals surface area contributed by atoms with Gasteiger partial charge in [-0.15, -0.1) is 0 Å². The number of ether oxygens (including phenoxy) is 1. The number of guanidine groups is 1. The number of rotatable bonds is 4. The van der Waals surface area contributed by atoms with Gasteiger partial charge in [0.15, 0.2) is 11.5 Å². The van der Waals surface area contributed by atoms with Gasteiger partial charge in [0.2, 0.25) is 0 Å². The van der Waals surface area contributed by atoms with E-state index in [0.717, 1.165) is 5.56 Å². The van der Waals surface area contributed by atoms with Crippen LogP contribution in [-0.4, -0.2) is 52.8 Å². The fourth-order valence-corrected chi connectivity index (χ4v) is 4.48. The van der Waals surface area contributed by atoms with E-state index in [1.807, 2.05) is 13.0 Å². The summed E-state index contributed by atoms with van der Waals surface area (Å²) in [5.41, 5.74) is 7.51. The molecule has 2 aliphatic heterocycles. The molecule has 0 saturated carbocycles. The number of benzene rings is 2. The van der Waals surface area contributed by atoms with E-state index in [1.165, 1.54) is 29.7 Å². The van der Waals surface area contributed by atoms with E-state index in [4.69, 9.17) is 15.5 Å². The molecule has 10 heteroatoms. The summed E-state index contributed by atoms with van der Waals surface area (Å²) in [7, 11) is 1.56. The highest BCUT2D eigenvalue weighted by Crippen LogP contribution is 2.44. The Morgan fingerprint density at radius 2 is 1.76 bits per heavy atom. The lowest BCUT2D eigenvalue weighted by Crippen LogP contribution is -2.53. The number of aryl methyl sites for hydroxylation is 1. The van der Waals surface area contributed by atoms with Crippen molar-refractivity contribution >= 4 is 11.8 Å². The third-order valence-corrected chi connectivity index (χ3v) is 6.06. The normalized spacial score (nSPS) is 21.0. The smallest absolute Gasteiger partial charge is 0.284 e. The Bertz CT molecular complexity index is 1330. The highest BCUT2D eigenvalue weighted by Gasteiger charge is 2.53. The Labute approximate surface area is 193 Å². The van der Waals surface area contributed by atoms with Gasteiger partial charge in [-0.2, -0.15) is 0 Å². The average molecular weight is 466 g/mol. The van der Waals surface area contributed by atoms with Crippen molar-refractivity contribution in [1.29, 1.82) is 0 Å². The Kier molecular flexibility index (Phi) is 5.03. The average Bonchev–Trinajstić information content (AvgIpc) is 3.11. The van der Waals surface area contributed by atoms with Crippen molar-refractivity contribution in [1.82, 2.24) is 14.9 Å². The first-order valence-electron chi connectivity index (χ1n) is 10.5. The van der Waals surface area contributed by atoms with Crippen molar-refractivity contribution in [2.24, 2.45) is 15.7 Å². The molecule has 0 saturated heterocycles. The molecule has 2 aliphatic rings. The summed E-state index contributed by atoms with van der Waals surface area (Å²) >= 11 is 0. The summed E-state index contributed by atoms with van der Waals surface area (Å²) in [6.07, 6.45) is 4.34. The van der Waals surface area contributed by atoms with Crippen LogP contribution in [0.1, 0.15) is 16.7 Å². The molecular formula is C24H21F3N6O. The highest BCUT2D eigenvalue weighted by molar-refractivity contribution is 6.12. The van der Waals surface area contributed by atoms with Gasteiger partial charge in [-0.3, -0.25) is 9.89 Å². The van der Waals surface area contributed by atoms with Gasteiger partial charge >= 0.3 is 0 Å². The van der Waals surface area contributed by atoms with Crippen LogP contribution in [0.4, 0.5) is 13.2 Å². The van der Waals surface area contributed by atoms with Crippen LogP contribution in [-0.2, 0) is 5.54 Å². The fourth-order valence-electron chi connectivity index (χ4n) is 4.48. The number of amidine groups is 1. The summed E-state index contributed by atoms with van der Waals surface area (Å²) in [6, 6.07) is 9.90. The molecule has 0 aliphatic carbocycles. The van der Waals surface area contributed by atoms with E-state index in [1.54, 1.807) is 31.4 Å². The fraction of sp³-hybridized carbons (Fsp3) is 0.250. The van der Waals surface area contributed by atoms with Gasteiger partial charge in [0.1, 0.15) is 30.3 Å². The van der Waals surface area contributed by atoms with Crippen LogP contribution < -0.4 is 10.5 Å². The van der Waals surface area contributed by atoms with Gasteiger partial charge in [-0.25, -0.2) is 28.1 Å². The summed E-state index contributed by atoms with van der Waals surface area (Å²) in [5, 5.41) is 0. The molecule has 0 fully saturated rings. The molecule has 2 aromatic carbocycles. The van der Waals surface area contributed by atoms with Crippen molar-refractivity contribution in [3.63, 3.8) is 0 Å². The third-order valence-electron chi connectivity index (χ3n) is 6.06. The first kappa shape index (κ1) is 21.9. The molecule has 1 aromatic heterocycles. The molecule has 5 rings (SSSR count). The maximum atomic E-state index is 14.9. The number of hydrogen-bond acceptors (Lipinski definition) is 7. The van der Waals surface area contributed by atoms with Crippen molar-refractivity contribution in [2.45, 2.75) is 18.4 Å². The summed E-state index contributed by atoms with van der Waals surface area (Å²) in [4.78, 5) is 18.1. The van der Waals surface area contributed by atoms with Crippen LogP contribution in [0.5, 0.6) is 5.75 Å². The number of fused-ring (bicyclic) bond motifs is 1. The van der Waals surface area contributed by atoms with Gasteiger partial charge in [0.25, 0.3) is 5.92 Å². The van der Waals surface area contributed by atoms with E-state index >= 15 is 0 Å². The summed E-state index contributed by atoms with van der Waals surface area (Å²) < 4.78 is 48.7. The molecule has 1 atom stereocenters. The van der Waals surface area contributed by atoms with Crippen molar-refractivity contribution in [3.05, 3.63) is 77.6 Å². The van der Waals surface area contributed by atoms with Gasteiger partial charge < -0.3 is 10.5 Å². The topological polar surface area (TPSA) is 89.0 Å². The number of aliphatic imine (C=N–C) groups is 2. The van der Waals surface area contributed by atoms with E-state index in [9.17, 15) is 13.2 Å². The quantitative estimate of drug-likeness (QED) is 0.636. The summed E-state index contributed by atoms with van der Waals surface area (Å²) in [6.45, 7) is 0.530. The number of aromatic nitrogens is 2. The molecule has 1 unspecified atom stereocenters. The van der Waals surface area contributed by atoms with Crippen molar-refractivity contribution < 1.29 is 17.9 Å². The lowest BCUT2D eigenvalue weighted by molar-refractivity contribution is -0.00437. The highest BCUT2D eigenvalue weighted by atomic mass is 19.3. The number of hydrogen-bond donors (Lipinski definition) is 1. The Morgan fingerprint density at radius 3 is 2.47 bits per heavy atom. The first-order chi connectivity index (χ1) is 16.2. The van der Waals surface area contributed by atoms with Crippen molar-refractivity contribution in [3.8, 4) is 16.9 Å². The largest absolute Gasteiger partial charge is 0.496 e. The van der Waals surface area contributed by atoms with Crippen LogP contribution >= 0.6 is 0 Å². The maximum absolute atomic E-state index is 14.9. The van der Waals surface area contributed by atoms with Gasteiger partial charge in [-0.05, 0) is 47.9 Å². The second-order valence-corrected chi connectivity index (χ2v) is 8.27. The second kappa shape index (κ2) is 7.82. The van der Waals surface area contributed by atoms with E-state index < -0.39 is 30.4 Å². The molecule has 0 spiro atoms. The van der Waals surface area contributed by atoms with Crippen LogP contribution in [0.15, 0.2) is 65.1 Å². The molecule has 2 N–H and O–H groups in total. The Morgan fingerprint density at radius 1 is 1.06 bits per heavy atom. The molecule has 0 amide bonds. The van der Waals surface area contributed by atoms with Gasteiger partial charge in [0, 0.05) is 23.5 Å². The molecule has 7 nitrogen and oxygen atoms in total. The number of nitrogens with zero attached hydrogens (tertiary/aromatic N) is 5. The van der Waals surface area contributed by atoms with E-state index in [2.05, 4.69) is 15.0 Å². The molecule has 3 aromatic rings. The standard InChI is InChI=1S/C24H21F3N6O/c1-14-7-16(4-6-20(14)34-2)24(21-31-11-23(26,27)12-33(21)22(28)32-24)17-3-5-19(25)18(8-17)15-9-29-13-30-10-15/h3-10,13H,11-12H2,1-2H3,(H2,28,32). The zero-order valence-electron chi connectivity index (χ0n) is 18.5.